The molecule has 88 valence electrons. The molecule has 0 radical (unpaired) electrons. The van der Waals surface area contributed by atoms with Crippen LogP contribution < -0.4 is 4.74 Å². The molecule has 0 amide bonds. The van der Waals surface area contributed by atoms with Gasteiger partial charge >= 0.3 is 0 Å². The zero-order valence-electron chi connectivity index (χ0n) is 9.88. The van der Waals surface area contributed by atoms with Crippen LogP contribution in [0.4, 0.5) is 0 Å². The van der Waals surface area contributed by atoms with Crippen LogP contribution in [0.5, 0.6) is 5.75 Å². The Kier molecular flexibility index (Phi) is 3.23. The summed E-state index contributed by atoms with van der Waals surface area (Å²) in [6, 6.07) is 9.13. The van der Waals surface area contributed by atoms with Gasteiger partial charge in [0.25, 0.3) is 0 Å². The first-order chi connectivity index (χ1) is 8.27. The molecular weight excluding hydrogens is 216 g/mol. The van der Waals surface area contributed by atoms with E-state index in [1.165, 1.54) is 0 Å². The Morgan fingerprint density at radius 1 is 1.35 bits per heavy atom. The normalized spacial score (nSPS) is 10.2. The average molecular weight is 230 g/mol. The van der Waals surface area contributed by atoms with E-state index in [4.69, 9.17) is 4.74 Å². The zero-order chi connectivity index (χ0) is 12.3. The predicted octanol–water partition coefficient (Wildman–Crippen LogP) is 2.14. The number of methoxy groups -OCH3 is 1. The van der Waals surface area contributed by atoms with E-state index in [0.29, 0.717) is 23.6 Å². The van der Waals surface area contributed by atoms with Gasteiger partial charge in [-0.05, 0) is 6.92 Å². The molecular formula is C13H14N2O2. The summed E-state index contributed by atoms with van der Waals surface area (Å²) in [5.41, 5.74) is 1.14. The molecule has 2 aromatic rings. The fourth-order valence-corrected chi connectivity index (χ4v) is 1.71. The summed E-state index contributed by atoms with van der Waals surface area (Å²) in [7, 11) is 1.54. The van der Waals surface area contributed by atoms with Gasteiger partial charge in [0.1, 0.15) is 0 Å². The largest absolute Gasteiger partial charge is 0.493 e. The lowest BCUT2D eigenvalue weighted by Gasteiger charge is -2.06. The molecule has 4 heteroatoms. The lowest BCUT2D eigenvalue weighted by molar-refractivity contribution is 0.102. The first kappa shape index (κ1) is 11.4. The number of ketones is 1. The first-order valence-electron chi connectivity index (χ1n) is 5.47. The molecule has 2 rings (SSSR count). The van der Waals surface area contributed by atoms with Gasteiger partial charge in [-0.15, -0.1) is 0 Å². The van der Waals surface area contributed by atoms with E-state index < -0.39 is 0 Å². The van der Waals surface area contributed by atoms with Gasteiger partial charge in [0, 0.05) is 12.1 Å². The third kappa shape index (κ3) is 2.06. The molecule has 1 aromatic carbocycles. The number of carbonyl (C=O) groups is 1. The molecule has 0 spiro atoms. The molecule has 0 aliphatic rings. The van der Waals surface area contributed by atoms with Gasteiger partial charge in [0.2, 0.25) is 5.78 Å². The first-order valence-corrected chi connectivity index (χ1v) is 5.47. The molecule has 0 saturated heterocycles. The fourth-order valence-electron chi connectivity index (χ4n) is 1.71. The van der Waals surface area contributed by atoms with Gasteiger partial charge < -0.3 is 4.74 Å². The Morgan fingerprint density at radius 3 is 2.65 bits per heavy atom. The Bertz CT molecular complexity index is 496. The van der Waals surface area contributed by atoms with Gasteiger partial charge in [-0.25, -0.2) is 0 Å². The maximum Gasteiger partial charge on any atom is 0.214 e. The molecule has 1 heterocycles. The molecule has 0 unspecified atom stereocenters. The molecule has 17 heavy (non-hydrogen) atoms. The third-order valence-electron chi connectivity index (χ3n) is 2.58. The molecule has 1 aromatic heterocycles. The molecule has 0 saturated carbocycles. The van der Waals surface area contributed by atoms with Crippen LogP contribution in [0.25, 0.3) is 0 Å². The quantitative estimate of drug-likeness (QED) is 0.756. The predicted molar refractivity (Wildman–Crippen MR) is 64.3 cm³/mol. The number of carbonyl (C=O) groups excluding carboxylic acids is 1. The van der Waals surface area contributed by atoms with Crippen LogP contribution in [0.1, 0.15) is 23.0 Å². The number of aryl methyl sites for hydroxylation is 1. The van der Waals surface area contributed by atoms with Crippen LogP contribution >= 0.6 is 0 Å². The van der Waals surface area contributed by atoms with Gasteiger partial charge in [0.15, 0.2) is 11.4 Å². The molecule has 0 aliphatic carbocycles. The molecule has 0 N–H and O–H groups in total. The van der Waals surface area contributed by atoms with Crippen molar-refractivity contribution in [2.24, 2.45) is 0 Å². The van der Waals surface area contributed by atoms with E-state index in [2.05, 4.69) is 5.10 Å². The maximum absolute atomic E-state index is 12.3. The number of hydrogen-bond donors (Lipinski definition) is 0. The van der Waals surface area contributed by atoms with Crippen molar-refractivity contribution in [2.75, 3.05) is 7.11 Å². The number of aromatic nitrogens is 2. The van der Waals surface area contributed by atoms with Crippen molar-refractivity contribution >= 4 is 5.78 Å². The highest BCUT2D eigenvalue weighted by atomic mass is 16.5. The SMILES string of the molecule is CCn1ncc(OC)c1C(=O)c1ccccc1. The van der Waals surface area contributed by atoms with Crippen molar-refractivity contribution in [3.63, 3.8) is 0 Å². The molecule has 0 bridgehead atoms. The minimum atomic E-state index is -0.0678. The minimum absolute atomic E-state index is 0.0678. The second-order valence-corrected chi connectivity index (χ2v) is 3.57. The highest BCUT2D eigenvalue weighted by Crippen LogP contribution is 2.21. The number of hydrogen-bond acceptors (Lipinski definition) is 3. The summed E-state index contributed by atoms with van der Waals surface area (Å²) in [6.07, 6.45) is 1.57. The van der Waals surface area contributed by atoms with Gasteiger partial charge in [0.05, 0.1) is 13.3 Å². The van der Waals surface area contributed by atoms with Gasteiger partial charge in [-0.3, -0.25) is 9.48 Å². The van der Waals surface area contributed by atoms with Crippen LogP contribution in [0.15, 0.2) is 36.5 Å². The topological polar surface area (TPSA) is 44.1 Å². The summed E-state index contributed by atoms with van der Waals surface area (Å²) in [6.45, 7) is 2.57. The third-order valence-corrected chi connectivity index (χ3v) is 2.58. The number of ether oxygens (including phenoxy) is 1. The minimum Gasteiger partial charge on any atom is -0.493 e. The number of rotatable bonds is 4. The highest BCUT2D eigenvalue weighted by molar-refractivity contribution is 6.09. The lowest BCUT2D eigenvalue weighted by atomic mass is 10.1. The van der Waals surface area contributed by atoms with Crippen LogP contribution in [-0.4, -0.2) is 22.7 Å². The standard InChI is InChI=1S/C13H14N2O2/c1-3-15-12(11(17-2)9-14-15)13(16)10-7-5-4-6-8-10/h4-9H,3H2,1-2H3. The Hall–Kier alpha value is -2.10. The lowest BCUT2D eigenvalue weighted by Crippen LogP contribution is -2.11. The smallest absolute Gasteiger partial charge is 0.214 e. The highest BCUT2D eigenvalue weighted by Gasteiger charge is 2.19. The molecule has 0 fully saturated rings. The maximum atomic E-state index is 12.3. The van der Waals surface area contributed by atoms with E-state index >= 15 is 0 Å². The Labute approximate surface area is 99.8 Å². The second kappa shape index (κ2) is 4.82. The average Bonchev–Trinajstić information content (AvgIpc) is 2.81. The van der Waals surface area contributed by atoms with Crippen LogP contribution in [0, 0.1) is 0 Å². The van der Waals surface area contributed by atoms with Crippen molar-refractivity contribution in [1.82, 2.24) is 9.78 Å². The summed E-state index contributed by atoms with van der Waals surface area (Å²) in [5, 5.41) is 4.12. The van der Waals surface area contributed by atoms with Crippen LogP contribution in [-0.2, 0) is 6.54 Å². The van der Waals surface area contributed by atoms with Gasteiger partial charge in [-0.2, -0.15) is 5.10 Å². The second-order valence-electron chi connectivity index (χ2n) is 3.57. The Balaban J connectivity index is 2.46. The van der Waals surface area contributed by atoms with Crippen LogP contribution in [0.3, 0.4) is 0 Å². The van der Waals surface area contributed by atoms with Crippen molar-refractivity contribution in [2.45, 2.75) is 13.5 Å². The number of benzene rings is 1. The molecule has 0 aliphatic heterocycles. The van der Waals surface area contributed by atoms with Crippen molar-refractivity contribution < 1.29 is 9.53 Å². The van der Waals surface area contributed by atoms with Crippen LogP contribution in [0.2, 0.25) is 0 Å². The summed E-state index contributed by atoms with van der Waals surface area (Å²) >= 11 is 0. The van der Waals surface area contributed by atoms with E-state index in [-0.39, 0.29) is 5.78 Å². The fraction of sp³-hybridized carbons (Fsp3) is 0.231. The van der Waals surface area contributed by atoms with Crippen molar-refractivity contribution in [1.29, 1.82) is 0 Å². The van der Waals surface area contributed by atoms with Crippen molar-refractivity contribution in [3.8, 4) is 5.75 Å². The molecule has 0 atom stereocenters. The van der Waals surface area contributed by atoms with Gasteiger partial charge in [-0.1, -0.05) is 30.3 Å². The monoisotopic (exact) mass is 230 g/mol. The summed E-state index contributed by atoms with van der Waals surface area (Å²) < 4.78 is 6.81. The Morgan fingerprint density at radius 2 is 2.06 bits per heavy atom. The van der Waals surface area contributed by atoms with E-state index in [9.17, 15) is 4.79 Å². The van der Waals surface area contributed by atoms with E-state index in [0.717, 1.165) is 0 Å². The summed E-state index contributed by atoms with van der Waals surface area (Å²) in [4.78, 5) is 12.3. The zero-order valence-corrected chi connectivity index (χ0v) is 9.88. The molecule has 4 nitrogen and oxygen atoms in total. The summed E-state index contributed by atoms with van der Waals surface area (Å²) in [5.74, 6) is 0.447. The van der Waals surface area contributed by atoms with Crippen molar-refractivity contribution in [3.05, 3.63) is 47.8 Å². The van der Waals surface area contributed by atoms with E-state index in [1.807, 2.05) is 25.1 Å². The number of nitrogens with zero attached hydrogens (tertiary/aromatic N) is 2. The van der Waals surface area contributed by atoms with E-state index in [1.54, 1.807) is 30.1 Å².